The van der Waals surface area contributed by atoms with E-state index < -0.39 is 0 Å². The summed E-state index contributed by atoms with van der Waals surface area (Å²) in [5, 5.41) is 3.56. The maximum absolute atomic E-state index is 12.2. The molecule has 0 aliphatic rings. The standard InChI is InChI=1S/C16H15Br2NO2/c1-2-21-15-7-6-14(9-12(15)10-17)19-16(20)11-4-3-5-13(18)8-11/h3-9H,2,10H2,1H3,(H,19,20). The van der Waals surface area contributed by atoms with Crippen LogP contribution in [0.3, 0.4) is 0 Å². The molecule has 1 amide bonds. The monoisotopic (exact) mass is 411 g/mol. The predicted octanol–water partition coefficient (Wildman–Crippen LogP) is 5.00. The number of amides is 1. The van der Waals surface area contributed by atoms with Gasteiger partial charge in [0, 0.05) is 26.6 Å². The fourth-order valence-electron chi connectivity index (χ4n) is 1.89. The second-order valence-electron chi connectivity index (χ2n) is 4.35. The molecule has 21 heavy (non-hydrogen) atoms. The maximum Gasteiger partial charge on any atom is 0.255 e. The second kappa shape index (κ2) is 7.61. The van der Waals surface area contributed by atoms with Gasteiger partial charge in [-0.05, 0) is 43.3 Å². The lowest BCUT2D eigenvalue weighted by atomic mass is 10.1. The van der Waals surface area contributed by atoms with Crippen molar-refractivity contribution in [3.05, 3.63) is 58.1 Å². The number of hydrogen-bond donors (Lipinski definition) is 1. The van der Waals surface area contributed by atoms with Gasteiger partial charge in [0.05, 0.1) is 6.61 Å². The van der Waals surface area contributed by atoms with Crippen LogP contribution in [-0.2, 0) is 5.33 Å². The molecule has 0 aliphatic carbocycles. The smallest absolute Gasteiger partial charge is 0.255 e. The molecule has 1 N–H and O–H groups in total. The van der Waals surface area contributed by atoms with E-state index in [1.165, 1.54) is 0 Å². The Kier molecular flexibility index (Phi) is 5.82. The van der Waals surface area contributed by atoms with Gasteiger partial charge in [-0.25, -0.2) is 0 Å². The number of carbonyl (C=O) groups is 1. The van der Waals surface area contributed by atoms with Gasteiger partial charge in [0.2, 0.25) is 0 Å². The Hall–Kier alpha value is -1.33. The predicted molar refractivity (Wildman–Crippen MR) is 92.3 cm³/mol. The molecule has 5 heteroatoms. The van der Waals surface area contributed by atoms with Crippen LogP contribution < -0.4 is 10.1 Å². The molecule has 0 heterocycles. The third-order valence-electron chi connectivity index (χ3n) is 2.85. The number of halogens is 2. The lowest BCUT2D eigenvalue weighted by Crippen LogP contribution is -2.12. The zero-order valence-corrected chi connectivity index (χ0v) is 14.7. The zero-order chi connectivity index (χ0) is 15.2. The first-order valence-electron chi connectivity index (χ1n) is 6.52. The third kappa shape index (κ3) is 4.32. The summed E-state index contributed by atoms with van der Waals surface area (Å²) >= 11 is 6.80. The van der Waals surface area contributed by atoms with Gasteiger partial charge in [-0.15, -0.1) is 0 Å². The molecule has 0 saturated heterocycles. The second-order valence-corrected chi connectivity index (χ2v) is 5.83. The van der Waals surface area contributed by atoms with Crippen molar-refractivity contribution >= 4 is 43.5 Å². The van der Waals surface area contributed by atoms with E-state index in [-0.39, 0.29) is 5.91 Å². The fraction of sp³-hybridized carbons (Fsp3) is 0.188. The summed E-state index contributed by atoms with van der Waals surface area (Å²) in [6, 6.07) is 12.9. The first-order valence-corrected chi connectivity index (χ1v) is 8.44. The van der Waals surface area contributed by atoms with Crippen molar-refractivity contribution in [1.29, 1.82) is 0 Å². The van der Waals surface area contributed by atoms with Crippen LogP contribution in [0.25, 0.3) is 0 Å². The van der Waals surface area contributed by atoms with E-state index in [0.717, 1.165) is 21.5 Å². The number of ether oxygens (including phenoxy) is 1. The number of alkyl halides is 1. The number of hydrogen-bond acceptors (Lipinski definition) is 2. The van der Waals surface area contributed by atoms with Gasteiger partial charge in [-0.1, -0.05) is 37.9 Å². The van der Waals surface area contributed by atoms with E-state index in [4.69, 9.17) is 4.74 Å². The summed E-state index contributed by atoms with van der Waals surface area (Å²) in [5.41, 5.74) is 2.36. The van der Waals surface area contributed by atoms with Crippen LogP contribution >= 0.6 is 31.9 Å². The number of rotatable bonds is 5. The largest absolute Gasteiger partial charge is 0.494 e. The van der Waals surface area contributed by atoms with E-state index in [1.54, 1.807) is 12.1 Å². The molecule has 3 nitrogen and oxygen atoms in total. The highest BCUT2D eigenvalue weighted by Crippen LogP contribution is 2.25. The number of nitrogens with one attached hydrogen (secondary N) is 1. The minimum absolute atomic E-state index is 0.138. The van der Waals surface area contributed by atoms with Gasteiger partial charge in [0.15, 0.2) is 0 Å². The van der Waals surface area contributed by atoms with Gasteiger partial charge >= 0.3 is 0 Å². The highest BCUT2D eigenvalue weighted by atomic mass is 79.9. The Balaban J connectivity index is 2.17. The average molecular weight is 413 g/mol. The van der Waals surface area contributed by atoms with Crippen molar-refractivity contribution in [2.45, 2.75) is 12.3 Å². The molecular formula is C16H15Br2NO2. The summed E-state index contributed by atoms with van der Waals surface area (Å²) in [6.07, 6.45) is 0. The van der Waals surface area contributed by atoms with Gasteiger partial charge < -0.3 is 10.1 Å². The summed E-state index contributed by atoms with van der Waals surface area (Å²) in [5.74, 6) is 0.691. The minimum atomic E-state index is -0.138. The topological polar surface area (TPSA) is 38.3 Å². The zero-order valence-electron chi connectivity index (χ0n) is 11.5. The first-order chi connectivity index (χ1) is 10.1. The SMILES string of the molecule is CCOc1ccc(NC(=O)c2cccc(Br)c2)cc1CBr. The molecule has 0 radical (unpaired) electrons. The van der Waals surface area contributed by atoms with E-state index in [9.17, 15) is 4.79 Å². The molecule has 110 valence electrons. The molecule has 0 atom stereocenters. The van der Waals surface area contributed by atoms with Crippen LogP contribution in [0.5, 0.6) is 5.75 Å². The fourth-order valence-corrected chi connectivity index (χ4v) is 2.73. The molecule has 0 aliphatic heterocycles. The molecule has 2 aromatic carbocycles. The van der Waals surface area contributed by atoms with Crippen molar-refractivity contribution < 1.29 is 9.53 Å². The molecule has 0 unspecified atom stereocenters. The number of benzene rings is 2. The molecule has 2 rings (SSSR count). The van der Waals surface area contributed by atoms with Gasteiger partial charge in [-0.2, -0.15) is 0 Å². The van der Waals surface area contributed by atoms with Crippen LogP contribution in [0.15, 0.2) is 46.9 Å². The molecule has 0 spiro atoms. The summed E-state index contributed by atoms with van der Waals surface area (Å²) < 4.78 is 6.42. The normalized spacial score (nSPS) is 10.2. The van der Waals surface area contributed by atoms with E-state index >= 15 is 0 Å². The Bertz CT molecular complexity index is 644. The Morgan fingerprint density at radius 2 is 2.05 bits per heavy atom. The molecule has 0 bridgehead atoms. The molecule has 0 aromatic heterocycles. The minimum Gasteiger partial charge on any atom is -0.494 e. The van der Waals surface area contributed by atoms with Crippen molar-refractivity contribution in [2.24, 2.45) is 0 Å². The quantitative estimate of drug-likeness (QED) is 0.702. The lowest BCUT2D eigenvalue weighted by molar-refractivity contribution is 0.102. The lowest BCUT2D eigenvalue weighted by Gasteiger charge is -2.11. The summed E-state index contributed by atoms with van der Waals surface area (Å²) in [6.45, 7) is 2.56. The number of carbonyl (C=O) groups excluding carboxylic acids is 1. The highest BCUT2D eigenvalue weighted by molar-refractivity contribution is 9.10. The van der Waals surface area contributed by atoms with E-state index in [1.807, 2.05) is 37.3 Å². The molecule has 0 fully saturated rings. The van der Waals surface area contributed by atoms with Crippen LogP contribution in [0.4, 0.5) is 5.69 Å². The Morgan fingerprint density at radius 3 is 2.71 bits per heavy atom. The third-order valence-corrected chi connectivity index (χ3v) is 3.95. The van der Waals surface area contributed by atoms with Crippen molar-refractivity contribution in [3.63, 3.8) is 0 Å². The number of anilines is 1. The molecule has 0 saturated carbocycles. The van der Waals surface area contributed by atoms with Crippen molar-refractivity contribution in [2.75, 3.05) is 11.9 Å². The molecular weight excluding hydrogens is 398 g/mol. The van der Waals surface area contributed by atoms with E-state index in [2.05, 4.69) is 37.2 Å². The summed E-state index contributed by atoms with van der Waals surface area (Å²) in [4.78, 5) is 12.2. The summed E-state index contributed by atoms with van der Waals surface area (Å²) in [7, 11) is 0. The van der Waals surface area contributed by atoms with Gasteiger partial charge in [0.1, 0.15) is 5.75 Å². The van der Waals surface area contributed by atoms with Crippen molar-refractivity contribution in [1.82, 2.24) is 0 Å². The Labute approximate surface area is 141 Å². The molecule has 2 aromatic rings. The van der Waals surface area contributed by atoms with Crippen LogP contribution in [-0.4, -0.2) is 12.5 Å². The van der Waals surface area contributed by atoms with Crippen LogP contribution in [0, 0.1) is 0 Å². The van der Waals surface area contributed by atoms with Crippen LogP contribution in [0.1, 0.15) is 22.8 Å². The average Bonchev–Trinajstić information content (AvgIpc) is 2.49. The van der Waals surface area contributed by atoms with Crippen molar-refractivity contribution in [3.8, 4) is 5.75 Å². The Morgan fingerprint density at radius 1 is 1.24 bits per heavy atom. The van der Waals surface area contributed by atoms with Crippen LogP contribution in [0.2, 0.25) is 0 Å². The maximum atomic E-state index is 12.2. The van der Waals surface area contributed by atoms with Gasteiger partial charge in [-0.3, -0.25) is 4.79 Å². The first kappa shape index (κ1) is 16.0. The van der Waals surface area contributed by atoms with E-state index in [0.29, 0.717) is 17.5 Å². The van der Waals surface area contributed by atoms with Gasteiger partial charge in [0.25, 0.3) is 5.91 Å². The highest BCUT2D eigenvalue weighted by Gasteiger charge is 2.09.